The maximum atomic E-state index is 13.8. The van der Waals surface area contributed by atoms with E-state index < -0.39 is 0 Å². The smallest absolute Gasteiger partial charge is 0.267 e. The first-order valence-corrected chi connectivity index (χ1v) is 12.2. The highest BCUT2D eigenvalue weighted by Crippen LogP contribution is 2.36. The quantitative estimate of drug-likeness (QED) is 0.466. The van der Waals surface area contributed by atoms with Crippen molar-refractivity contribution in [2.75, 3.05) is 6.54 Å². The Bertz CT molecular complexity index is 1180. The van der Waals surface area contributed by atoms with Gasteiger partial charge in [0.15, 0.2) is 5.16 Å². The Labute approximate surface area is 184 Å². The molecule has 30 heavy (non-hydrogen) atoms. The molecular weight excluding hydrogens is 414 g/mol. The zero-order valence-corrected chi connectivity index (χ0v) is 19.5. The van der Waals surface area contributed by atoms with Crippen LogP contribution in [0.1, 0.15) is 48.3 Å². The van der Waals surface area contributed by atoms with E-state index in [9.17, 15) is 9.59 Å². The molecule has 1 amide bonds. The summed E-state index contributed by atoms with van der Waals surface area (Å²) in [6.45, 7) is 8.41. The fourth-order valence-electron chi connectivity index (χ4n) is 4.06. The third kappa shape index (κ3) is 3.81. The van der Waals surface area contributed by atoms with Crippen LogP contribution in [0.3, 0.4) is 0 Å². The summed E-state index contributed by atoms with van der Waals surface area (Å²) in [6.07, 6.45) is 4.26. The molecule has 0 saturated carbocycles. The molecule has 1 aliphatic rings. The van der Waals surface area contributed by atoms with Crippen molar-refractivity contribution < 1.29 is 4.79 Å². The molecule has 2 aromatic heterocycles. The lowest BCUT2D eigenvalue weighted by Gasteiger charge is -2.17. The number of nitrogens with one attached hydrogen (secondary N) is 1. The minimum Gasteiger partial charge on any atom is -0.355 e. The summed E-state index contributed by atoms with van der Waals surface area (Å²) in [4.78, 5) is 33.2. The molecule has 0 aliphatic heterocycles. The number of thiophene rings is 1. The van der Waals surface area contributed by atoms with Crippen LogP contribution in [-0.4, -0.2) is 27.3 Å². The van der Waals surface area contributed by atoms with E-state index in [1.807, 2.05) is 39.8 Å². The second-order valence-electron chi connectivity index (χ2n) is 7.87. The predicted octanol–water partition coefficient (Wildman–Crippen LogP) is 4.56. The van der Waals surface area contributed by atoms with Gasteiger partial charge in [0.25, 0.3) is 5.56 Å². The number of carbonyl (C=O) groups is 1. The molecular formula is C23H27N3O2S2. The second kappa shape index (κ2) is 8.55. The molecule has 7 heteroatoms. The average molecular weight is 442 g/mol. The number of aryl methyl sites for hydroxylation is 4. The Balaban J connectivity index is 1.94. The molecule has 1 atom stereocenters. The van der Waals surface area contributed by atoms with E-state index >= 15 is 0 Å². The van der Waals surface area contributed by atoms with Crippen molar-refractivity contribution in [2.45, 2.75) is 63.8 Å². The number of thioether (sulfide) groups is 1. The minimum absolute atomic E-state index is 0.0167. The van der Waals surface area contributed by atoms with Crippen molar-refractivity contribution >= 4 is 39.2 Å². The lowest BCUT2D eigenvalue weighted by atomic mass is 9.97. The zero-order chi connectivity index (χ0) is 21.4. The van der Waals surface area contributed by atoms with Crippen LogP contribution in [-0.2, 0) is 17.6 Å². The first kappa shape index (κ1) is 21.1. The Morgan fingerprint density at radius 3 is 2.80 bits per heavy atom. The van der Waals surface area contributed by atoms with Gasteiger partial charge in [-0.3, -0.25) is 14.2 Å². The van der Waals surface area contributed by atoms with Gasteiger partial charge in [-0.1, -0.05) is 29.5 Å². The van der Waals surface area contributed by atoms with Crippen LogP contribution in [0, 0.1) is 13.8 Å². The number of rotatable bonds is 5. The Hall–Kier alpha value is -2.12. The van der Waals surface area contributed by atoms with Crippen molar-refractivity contribution in [1.29, 1.82) is 0 Å². The standard InChI is InChI=1S/C23H27N3O2S2/c1-5-24-20(27)15(4)29-23-25-21-19(16-8-6-7-9-18(16)30-21)22(28)26(23)17-11-10-13(2)12-14(17)3/h10-12,15H,5-9H2,1-4H3,(H,24,27). The van der Waals surface area contributed by atoms with E-state index in [1.165, 1.54) is 28.6 Å². The van der Waals surface area contributed by atoms with Crippen molar-refractivity contribution in [1.82, 2.24) is 14.9 Å². The molecule has 0 fully saturated rings. The molecule has 1 unspecified atom stereocenters. The molecule has 0 radical (unpaired) electrons. The monoisotopic (exact) mass is 441 g/mol. The fourth-order valence-corrected chi connectivity index (χ4v) is 6.31. The summed E-state index contributed by atoms with van der Waals surface area (Å²) in [6, 6.07) is 6.08. The number of hydrogen-bond acceptors (Lipinski definition) is 5. The molecule has 0 spiro atoms. The third-order valence-electron chi connectivity index (χ3n) is 5.55. The van der Waals surface area contributed by atoms with E-state index in [-0.39, 0.29) is 16.7 Å². The van der Waals surface area contributed by atoms with Crippen molar-refractivity contribution in [2.24, 2.45) is 0 Å². The number of carbonyl (C=O) groups excluding carboxylic acids is 1. The molecule has 0 bridgehead atoms. The Morgan fingerprint density at radius 1 is 1.30 bits per heavy atom. The SMILES string of the molecule is CCNC(=O)C(C)Sc1nc2sc3c(c2c(=O)n1-c1ccc(C)cc1C)CCCC3. The van der Waals surface area contributed by atoms with Gasteiger partial charge in [-0.15, -0.1) is 11.3 Å². The highest BCUT2D eigenvalue weighted by molar-refractivity contribution is 8.00. The van der Waals surface area contributed by atoms with Gasteiger partial charge in [-0.25, -0.2) is 4.98 Å². The van der Waals surface area contributed by atoms with E-state index in [0.717, 1.165) is 46.3 Å². The zero-order valence-electron chi connectivity index (χ0n) is 17.9. The van der Waals surface area contributed by atoms with Gasteiger partial charge >= 0.3 is 0 Å². The fraction of sp³-hybridized carbons (Fsp3) is 0.435. The highest BCUT2D eigenvalue weighted by Gasteiger charge is 2.25. The van der Waals surface area contributed by atoms with Crippen LogP contribution in [0.5, 0.6) is 0 Å². The molecule has 2 heterocycles. The number of fused-ring (bicyclic) bond motifs is 3. The van der Waals surface area contributed by atoms with Gasteiger partial charge in [-0.2, -0.15) is 0 Å². The van der Waals surface area contributed by atoms with Crippen molar-refractivity contribution in [3.05, 3.63) is 50.1 Å². The third-order valence-corrected chi connectivity index (χ3v) is 7.79. The summed E-state index contributed by atoms with van der Waals surface area (Å²) < 4.78 is 1.72. The largest absolute Gasteiger partial charge is 0.355 e. The van der Waals surface area contributed by atoms with Gasteiger partial charge in [0, 0.05) is 11.4 Å². The molecule has 4 rings (SSSR count). The lowest BCUT2D eigenvalue weighted by Crippen LogP contribution is -2.31. The predicted molar refractivity (Wildman–Crippen MR) is 125 cm³/mol. The van der Waals surface area contributed by atoms with Crippen molar-refractivity contribution in [3.8, 4) is 5.69 Å². The summed E-state index contributed by atoms with van der Waals surface area (Å²) in [5.74, 6) is -0.0468. The van der Waals surface area contributed by atoms with Crippen LogP contribution in [0.4, 0.5) is 0 Å². The average Bonchev–Trinajstić information content (AvgIpc) is 3.08. The van der Waals surface area contributed by atoms with E-state index in [2.05, 4.69) is 11.4 Å². The molecule has 0 saturated heterocycles. The summed E-state index contributed by atoms with van der Waals surface area (Å²) in [7, 11) is 0. The molecule has 158 valence electrons. The Morgan fingerprint density at radius 2 is 2.07 bits per heavy atom. The summed E-state index contributed by atoms with van der Waals surface area (Å²) in [5, 5.41) is 3.87. The Kier molecular flexibility index (Phi) is 6.02. The van der Waals surface area contributed by atoms with Crippen LogP contribution >= 0.6 is 23.1 Å². The van der Waals surface area contributed by atoms with Crippen LogP contribution in [0.2, 0.25) is 0 Å². The summed E-state index contributed by atoms with van der Waals surface area (Å²) >= 11 is 2.99. The number of nitrogens with zero attached hydrogens (tertiary/aromatic N) is 2. The van der Waals surface area contributed by atoms with Crippen LogP contribution < -0.4 is 10.9 Å². The molecule has 5 nitrogen and oxygen atoms in total. The lowest BCUT2D eigenvalue weighted by molar-refractivity contribution is -0.120. The number of benzene rings is 1. The highest BCUT2D eigenvalue weighted by atomic mass is 32.2. The molecule has 1 aromatic carbocycles. The van der Waals surface area contributed by atoms with E-state index in [1.54, 1.807) is 15.9 Å². The van der Waals surface area contributed by atoms with Crippen LogP contribution in [0.15, 0.2) is 28.2 Å². The van der Waals surface area contributed by atoms with Gasteiger partial charge in [0.2, 0.25) is 5.91 Å². The normalized spacial score (nSPS) is 14.5. The van der Waals surface area contributed by atoms with Gasteiger partial charge < -0.3 is 5.32 Å². The first-order valence-electron chi connectivity index (χ1n) is 10.5. The van der Waals surface area contributed by atoms with Gasteiger partial charge in [-0.05, 0) is 70.6 Å². The first-order chi connectivity index (χ1) is 14.4. The van der Waals surface area contributed by atoms with Crippen molar-refractivity contribution in [3.63, 3.8) is 0 Å². The van der Waals surface area contributed by atoms with Gasteiger partial charge in [0.1, 0.15) is 4.83 Å². The second-order valence-corrected chi connectivity index (χ2v) is 10.3. The number of amides is 1. The number of hydrogen-bond donors (Lipinski definition) is 1. The minimum atomic E-state index is -0.346. The maximum absolute atomic E-state index is 13.8. The summed E-state index contributed by atoms with van der Waals surface area (Å²) in [5.41, 5.74) is 4.18. The topological polar surface area (TPSA) is 64.0 Å². The van der Waals surface area contributed by atoms with E-state index in [4.69, 9.17) is 4.98 Å². The van der Waals surface area contributed by atoms with Gasteiger partial charge in [0.05, 0.1) is 16.3 Å². The van der Waals surface area contributed by atoms with E-state index in [0.29, 0.717) is 11.7 Å². The number of aromatic nitrogens is 2. The van der Waals surface area contributed by atoms with Crippen LogP contribution in [0.25, 0.3) is 15.9 Å². The molecule has 1 N–H and O–H groups in total. The molecule has 3 aromatic rings. The molecule has 1 aliphatic carbocycles. The maximum Gasteiger partial charge on any atom is 0.267 e.